The number of methoxy groups -OCH3 is 2. The molecule has 5 aromatic rings. The molecule has 2 unspecified atom stereocenters. The number of nitrogens with two attached hydrogens (primary N) is 1. The van der Waals surface area contributed by atoms with E-state index in [-0.39, 0.29) is 70.8 Å². The van der Waals surface area contributed by atoms with Crippen molar-refractivity contribution in [2.75, 3.05) is 46.5 Å². The highest BCUT2D eigenvalue weighted by Gasteiger charge is 2.43. The lowest BCUT2D eigenvalue weighted by atomic mass is 10.1. The number of benzene rings is 5. The summed E-state index contributed by atoms with van der Waals surface area (Å²) in [5.41, 5.74) is 12.2. The van der Waals surface area contributed by atoms with Crippen molar-refractivity contribution in [1.82, 2.24) is 10.6 Å². The van der Waals surface area contributed by atoms with E-state index in [4.69, 9.17) is 24.7 Å². The molecular weight excluding hydrogens is 1060 g/mol. The van der Waals surface area contributed by atoms with Gasteiger partial charge in [-0.3, -0.25) is 28.8 Å². The Morgan fingerprint density at radius 2 is 1.31 bits per heavy atom. The molecule has 9 rings (SSSR count). The Balaban J connectivity index is 0.904. The predicted molar refractivity (Wildman–Crippen MR) is 311 cm³/mol. The van der Waals surface area contributed by atoms with Crippen LogP contribution in [0.5, 0.6) is 23.0 Å². The molecule has 0 aromatic heterocycles. The third-order valence-electron chi connectivity index (χ3n) is 14.6. The van der Waals surface area contributed by atoms with Crippen LogP contribution < -0.4 is 61.1 Å². The number of anilines is 5. The smallest absolute Gasteiger partial charge is 0.260 e. The highest BCUT2D eigenvalue weighted by atomic mass is 33.1. The van der Waals surface area contributed by atoms with Gasteiger partial charge in [-0.15, -0.1) is 0 Å². The summed E-state index contributed by atoms with van der Waals surface area (Å²) in [6.45, 7) is 9.62. The number of ether oxygens (including phenoxy) is 4. The average Bonchev–Trinajstić information content (AvgIpc) is 4.13. The first-order valence-corrected chi connectivity index (χ1v) is 28.9. The summed E-state index contributed by atoms with van der Waals surface area (Å²) in [6.07, 6.45) is 1.79. The molecule has 6 amide bonds. The number of nitrogens with zero attached hydrogens (tertiary/aromatic N) is 2. The minimum atomic E-state index is -1.09. The number of nitrogens with one attached hydrogen (secondary N) is 5. The second kappa shape index (κ2) is 24.4. The van der Waals surface area contributed by atoms with Gasteiger partial charge in [0.1, 0.15) is 31.5 Å². The zero-order valence-corrected chi connectivity index (χ0v) is 47.4. The van der Waals surface area contributed by atoms with Crippen LogP contribution in [0, 0.1) is 0 Å². The van der Waals surface area contributed by atoms with Crippen molar-refractivity contribution in [2.45, 2.75) is 127 Å². The third-order valence-corrected chi connectivity index (χ3v) is 18.6. The van der Waals surface area contributed by atoms with E-state index < -0.39 is 36.2 Å². The zero-order valence-electron chi connectivity index (χ0n) is 45.8. The van der Waals surface area contributed by atoms with Crippen LogP contribution in [0.15, 0.2) is 91.0 Å². The van der Waals surface area contributed by atoms with Gasteiger partial charge in [-0.05, 0) is 118 Å². The van der Waals surface area contributed by atoms with Crippen LogP contribution in [-0.2, 0) is 45.2 Å². The fourth-order valence-corrected chi connectivity index (χ4v) is 12.9. The molecule has 8 N–H and O–H groups in total. The maximum Gasteiger partial charge on any atom is 0.260 e. The SMILES string of the molecule is COc1cc2c(cc1OCc1cc(COc3cc4c(cc3OC)C(=O)N3c5ccccc5C[C@H]3C(O)N4)cc(NC(=O)[C@H](C)NC(=O)[C@H](C)NC(=O)CCC(C)(C)SSC(C)CCC(N)=O)c1)NC[C@@H]1Cc3ccccc3N1C2=O. The molecule has 422 valence electrons. The fourth-order valence-electron chi connectivity index (χ4n) is 10.3. The fraction of sp³-hybridized carbons (Fsp3) is 0.390. The van der Waals surface area contributed by atoms with E-state index in [9.17, 15) is 33.9 Å². The Kier molecular flexibility index (Phi) is 17.4. The third kappa shape index (κ3) is 12.8. The number of carbonyl (C=O) groups is 6. The van der Waals surface area contributed by atoms with Gasteiger partial charge in [-0.25, -0.2) is 0 Å². The summed E-state index contributed by atoms with van der Waals surface area (Å²) >= 11 is 0. The first kappa shape index (κ1) is 57.1. The number of hydrogen-bond acceptors (Lipinski definition) is 15. The van der Waals surface area contributed by atoms with Gasteiger partial charge in [-0.2, -0.15) is 0 Å². The number of primary amides is 1. The largest absolute Gasteiger partial charge is 0.493 e. The number of rotatable bonds is 22. The van der Waals surface area contributed by atoms with Crippen LogP contribution in [0.25, 0.3) is 0 Å². The summed E-state index contributed by atoms with van der Waals surface area (Å²) in [5, 5.41) is 26.6. The van der Waals surface area contributed by atoms with Gasteiger partial charge in [0.25, 0.3) is 11.8 Å². The number of hydrogen-bond donors (Lipinski definition) is 7. The van der Waals surface area contributed by atoms with Crippen LogP contribution in [0.2, 0.25) is 0 Å². The molecule has 4 heterocycles. The number of aliphatic hydroxyl groups is 1. The maximum absolute atomic E-state index is 14.2. The normalized spacial score (nSPS) is 17.9. The summed E-state index contributed by atoms with van der Waals surface area (Å²) in [4.78, 5) is 83.3. The van der Waals surface area contributed by atoms with Crippen LogP contribution in [-0.4, -0.2) is 102 Å². The van der Waals surface area contributed by atoms with Crippen molar-refractivity contribution in [3.8, 4) is 23.0 Å². The van der Waals surface area contributed by atoms with Crippen LogP contribution >= 0.6 is 21.6 Å². The van der Waals surface area contributed by atoms with Gasteiger partial charge >= 0.3 is 0 Å². The molecule has 21 heteroatoms. The molecule has 0 saturated carbocycles. The van der Waals surface area contributed by atoms with Gasteiger partial charge in [0.15, 0.2) is 23.0 Å². The van der Waals surface area contributed by atoms with Crippen molar-refractivity contribution in [3.05, 3.63) is 124 Å². The molecule has 6 atom stereocenters. The lowest BCUT2D eigenvalue weighted by Gasteiger charge is -2.26. The summed E-state index contributed by atoms with van der Waals surface area (Å²) in [5.74, 6) is -0.931. The highest BCUT2D eigenvalue weighted by Crippen LogP contribution is 2.45. The molecule has 0 saturated heterocycles. The van der Waals surface area contributed by atoms with E-state index in [0.717, 1.165) is 28.9 Å². The summed E-state index contributed by atoms with van der Waals surface area (Å²) in [7, 11) is 6.26. The minimum Gasteiger partial charge on any atom is -0.493 e. The van der Waals surface area contributed by atoms with Crippen molar-refractivity contribution in [1.29, 1.82) is 0 Å². The summed E-state index contributed by atoms with van der Waals surface area (Å²) in [6, 6.07) is 24.8. The Morgan fingerprint density at radius 3 is 1.95 bits per heavy atom. The lowest BCUT2D eigenvalue weighted by molar-refractivity contribution is -0.130. The van der Waals surface area contributed by atoms with E-state index >= 15 is 0 Å². The number of aliphatic hydroxyl groups excluding tert-OH is 1. The van der Waals surface area contributed by atoms with Gasteiger partial charge in [0, 0.05) is 58.6 Å². The standard InChI is InChI=1S/C59H68N8O11S2/c1-32(16-17-52(60)68)79-80-59(4,5)19-18-53(69)62-33(2)54(70)63-34(3)55(71)64-39-21-35(30-77-50-27-43-41(25-48(50)75-6)57(73)66-40(29-61-43)23-37-12-8-10-14-45(37)66)20-36(22-39)31-78-51-28-44-42(26-49(51)76-7)58(74)67-46-15-11-9-13-38(46)24-47(67)56(72)65-44/h8-15,20-22,25-28,32-34,40,47,56,61,65,72H,16-19,23-24,29-31H2,1-7H3,(H2,60,68)(H,62,69)(H,63,70)(H,64,71)/t32?,33-,34-,40-,47-,56?/m0/s1. The molecule has 80 heavy (non-hydrogen) atoms. The zero-order chi connectivity index (χ0) is 57.0. The molecule has 0 fully saturated rings. The molecule has 0 aliphatic carbocycles. The molecule has 0 radical (unpaired) electrons. The van der Waals surface area contributed by atoms with Gasteiger partial charge in [0.05, 0.1) is 48.8 Å². The van der Waals surface area contributed by atoms with Crippen molar-refractivity contribution in [3.63, 3.8) is 0 Å². The highest BCUT2D eigenvalue weighted by molar-refractivity contribution is 8.77. The first-order valence-electron chi connectivity index (χ1n) is 26.7. The molecule has 5 aromatic carbocycles. The molecule has 4 aliphatic heterocycles. The molecule has 0 spiro atoms. The van der Waals surface area contributed by atoms with Gasteiger partial charge in [-0.1, -0.05) is 64.9 Å². The van der Waals surface area contributed by atoms with E-state index in [0.29, 0.717) is 83.0 Å². The predicted octanol–water partition coefficient (Wildman–Crippen LogP) is 7.72. The topological polar surface area (TPSA) is 252 Å². The van der Waals surface area contributed by atoms with E-state index in [1.54, 1.807) is 69.8 Å². The first-order chi connectivity index (χ1) is 38.3. The van der Waals surface area contributed by atoms with Crippen molar-refractivity contribution >= 4 is 85.5 Å². The van der Waals surface area contributed by atoms with Crippen LogP contribution in [0.1, 0.15) is 103 Å². The Hall–Kier alpha value is -7.62. The number of fused-ring (bicyclic) bond motifs is 8. The molecule has 4 aliphatic rings. The quantitative estimate of drug-likeness (QED) is 0.0328. The molecular formula is C59H68N8O11S2. The second-order valence-electron chi connectivity index (χ2n) is 21.2. The van der Waals surface area contributed by atoms with Crippen LogP contribution in [0.3, 0.4) is 0 Å². The lowest BCUT2D eigenvalue weighted by Crippen LogP contribution is -2.50. The number of carbonyl (C=O) groups excluding carboxylic acids is 6. The maximum atomic E-state index is 14.2. The Labute approximate surface area is 473 Å². The molecule has 19 nitrogen and oxygen atoms in total. The van der Waals surface area contributed by atoms with E-state index in [1.165, 1.54) is 21.1 Å². The summed E-state index contributed by atoms with van der Waals surface area (Å²) < 4.78 is 24.2. The number of amides is 6. The monoisotopic (exact) mass is 1130 g/mol. The van der Waals surface area contributed by atoms with E-state index in [2.05, 4.69) is 26.6 Å². The van der Waals surface area contributed by atoms with Crippen molar-refractivity contribution in [2.24, 2.45) is 5.73 Å². The number of para-hydroxylation sites is 2. The second-order valence-corrected chi connectivity index (χ2v) is 24.5. The average molecular weight is 1130 g/mol. The Bertz CT molecular complexity index is 3210. The van der Waals surface area contributed by atoms with Crippen molar-refractivity contribution < 1.29 is 52.8 Å². The van der Waals surface area contributed by atoms with E-state index in [1.807, 2.05) is 80.3 Å². The van der Waals surface area contributed by atoms with Crippen LogP contribution in [0.4, 0.5) is 28.4 Å². The Morgan fingerprint density at radius 1 is 0.738 bits per heavy atom. The van der Waals surface area contributed by atoms with Gasteiger partial charge < -0.3 is 66.2 Å². The molecule has 0 bridgehead atoms. The van der Waals surface area contributed by atoms with Gasteiger partial charge in [0.2, 0.25) is 23.6 Å². The minimum absolute atomic E-state index is 0.0247.